The Morgan fingerprint density at radius 3 is 2.79 bits per heavy atom. The van der Waals surface area contributed by atoms with Crippen molar-refractivity contribution in [2.24, 2.45) is 0 Å². The lowest BCUT2D eigenvalue weighted by Gasteiger charge is -2.08. The molecule has 0 fully saturated rings. The van der Waals surface area contributed by atoms with Gasteiger partial charge in [0, 0.05) is 15.8 Å². The average molecular weight is 414 g/mol. The van der Waals surface area contributed by atoms with Gasteiger partial charge < -0.3 is 10.1 Å². The van der Waals surface area contributed by atoms with Gasteiger partial charge in [0.2, 0.25) is 5.91 Å². The van der Waals surface area contributed by atoms with E-state index in [0.29, 0.717) is 27.5 Å². The van der Waals surface area contributed by atoms with Crippen LogP contribution in [0.2, 0.25) is 5.02 Å². The summed E-state index contributed by atoms with van der Waals surface area (Å²) in [4.78, 5) is 29.5. The molecule has 8 heteroatoms. The molecule has 2 aromatic heterocycles. The Bertz CT molecular complexity index is 1230. The molecule has 0 aliphatic rings. The number of fused-ring (bicyclic) bond motifs is 3. The van der Waals surface area contributed by atoms with Crippen LogP contribution in [0, 0.1) is 0 Å². The summed E-state index contributed by atoms with van der Waals surface area (Å²) in [7, 11) is 0. The van der Waals surface area contributed by atoms with Crippen LogP contribution in [0.4, 0.5) is 5.69 Å². The molecule has 0 saturated heterocycles. The van der Waals surface area contributed by atoms with Crippen molar-refractivity contribution in [2.45, 2.75) is 13.5 Å². The van der Waals surface area contributed by atoms with Gasteiger partial charge in [-0.25, -0.2) is 4.98 Å². The smallest absolute Gasteiger partial charge is 0.271 e. The fourth-order valence-electron chi connectivity index (χ4n) is 2.94. The van der Waals surface area contributed by atoms with E-state index in [-0.39, 0.29) is 18.0 Å². The van der Waals surface area contributed by atoms with Crippen LogP contribution < -0.4 is 15.6 Å². The number of hydrogen-bond donors (Lipinski definition) is 1. The number of benzene rings is 2. The van der Waals surface area contributed by atoms with Crippen molar-refractivity contribution in [3.63, 3.8) is 0 Å². The van der Waals surface area contributed by atoms with Crippen LogP contribution in [0.25, 0.3) is 20.3 Å². The first kappa shape index (κ1) is 18.5. The second-order valence-corrected chi connectivity index (χ2v) is 7.54. The first-order chi connectivity index (χ1) is 13.6. The van der Waals surface area contributed by atoms with Crippen LogP contribution in [0.15, 0.2) is 53.6 Å². The Kier molecular flexibility index (Phi) is 5.02. The lowest BCUT2D eigenvalue weighted by Crippen LogP contribution is -2.27. The maximum atomic E-state index is 12.8. The number of halogens is 1. The highest BCUT2D eigenvalue weighted by Crippen LogP contribution is 2.34. The van der Waals surface area contributed by atoms with Crippen LogP contribution in [0.5, 0.6) is 5.75 Å². The monoisotopic (exact) mass is 413 g/mol. The first-order valence-corrected chi connectivity index (χ1v) is 9.85. The summed E-state index contributed by atoms with van der Waals surface area (Å²) in [5.41, 5.74) is 0.937. The zero-order valence-corrected chi connectivity index (χ0v) is 16.5. The Balaban J connectivity index is 1.58. The molecule has 142 valence electrons. The number of amides is 1. The summed E-state index contributed by atoms with van der Waals surface area (Å²) >= 11 is 7.59. The fourth-order valence-corrected chi connectivity index (χ4v) is 4.39. The Morgan fingerprint density at radius 2 is 2.04 bits per heavy atom. The van der Waals surface area contributed by atoms with Crippen molar-refractivity contribution in [1.29, 1.82) is 0 Å². The second-order valence-electron chi connectivity index (χ2n) is 6.08. The number of carbonyl (C=O) groups excluding carboxylic acids is 1. The molecule has 4 aromatic rings. The molecule has 0 spiro atoms. The minimum Gasteiger partial charge on any atom is -0.494 e. The lowest BCUT2D eigenvalue weighted by molar-refractivity contribution is -0.116. The number of thiophene rings is 1. The summed E-state index contributed by atoms with van der Waals surface area (Å²) in [5, 5.41) is 4.10. The molecule has 1 amide bonds. The highest BCUT2D eigenvalue weighted by atomic mass is 35.5. The zero-order valence-electron chi connectivity index (χ0n) is 14.9. The van der Waals surface area contributed by atoms with Crippen LogP contribution >= 0.6 is 22.9 Å². The van der Waals surface area contributed by atoms with Gasteiger partial charge in [-0.3, -0.25) is 14.2 Å². The summed E-state index contributed by atoms with van der Waals surface area (Å²) in [6.45, 7) is 2.35. The van der Waals surface area contributed by atoms with Gasteiger partial charge in [0.15, 0.2) is 0 Å². The van der Waals surface area contributed by atoms with E-state index in [4.69, 9.17) is 16.3 Å². The predicted octanol–water partition coefficient (Wildman–Crippen LogP) is 4.30. The molecule has 6 nitrogen and oxygen atoms in total. The highest BCUT2D eigenvalue weighted by Gasteiger charge is 2.15. The number of nitrogens with one attached hydrogen (secondary N) is 1. The molecule has 0 aliphatic heterocycles. The third-order valence-electron chi connectivity index (χ3n) is 4.18. The molecule has 0 saturated carbocycles. The Morgan fingerprint density at radius 1 is 1.25 bits per heavy atom. The summed E-state index contributed by atoms with van der Waals surface area (Å²) < 4.78 is 8.06. The number of anilines is 1. The molecule has 2 heterocycles. The van der Waals surface area contributed by atoms with E-state index in [2.05, 4.69) is 10.3 Å². The SMILES string of the molecule is CCOc1ccc(NC(=O)Cn2cnc3c(sc4cccc(Cl)c43)c2=O)cc1. The number of hydrogen-bond acceptors (Lipinski definition) is 5. The number of aromatic nitrogens is 2. The van der Waals surface area contributed by atoms with E-state index in [0.717, 1.165) is 15.8 Å². The summed E-state index contributed by atoms with van der Waals surface area (Å²) in [5.74, 6) is 0.418. The quantitative estimate of drug-likeness (QED) is 0.529. The van der Waals surface area contributed by atoms with Crippen molar-refractivity contribution in [2.75, 3.05) is 11.9 Å². The highest BCUT2D eigenvalue weighted by molar-refractivity contribution is 7.25. The van der Waals surface area contributed by atoms with Gasteiger partial charge in [0.1, 0.15) is 17.0 Å². The lowest BCUT2D eigenvalue weighted by atomic mass is 10.2. The molecule has 1 N–H and O–H groups in total. The molecule has 0 atom stereocenters. The first-order valence-electron chi connectivity index (χ1n) is 8.65. The van der Waals surface area contributed by atoms with Crippen molar-refractivity contribution >= 4 is 54.8 Å². The van der Waals surface area contributed by atoms with E-state index >= 15 is 0 Å². The van der Waals surface area contributed by atoms with Crippen molar-refractivity contribution in [3.05, 3.63) is 64.2 Å². The maximum absolute atomic E-state index is 12.8. The molecule has 0 bridgehead atoms. The second kappa shape index (κ2) is 7.61. The molecule has 4 rings (SSSR count). The van der Waals surface area contributed by atoms with E-state index in [9.17, 15) is 9.59 Å². The minimum atomic E-state index is -0.313. The van der Waals surface area contributed by atoms with E-state index in [1.54, 1.807) is 30.3 Å². The topological polar surface area (TPSA) is 73.2 Å². The molecular weight excluding hydrogens is 398 g/mol. The number of carbonyl (C=O) groups is 1. The molecule has 0 unspecified atom stereocenters. The van der Waals surface area contributed by atoms with Gasteiger partial charge in [0.25, 0.3) is 5.56 Å². The fraction of sp³-hybridized carbons (Fsp3) is 0.150. The molecule has 0 aliphatic carbocycles. The normalized spacial score (nSPS) is 11.1. The molecule has 2 aromatic carbocycles. The van der Waals surface area contributed by atoms with Crippen molar-refractivity contribution < 1.29 is 9.53 Å². The van der Waals surface area contributed by atoms with Gasteiger partial charge in [-0.2, -0.15) is 0 Å². The van der Waals surface area contributed by atoms with Gasteiger partial charge >= 0.3 is 0 Å². The molecular formula is C20H16ClN3O3S. The molecule has 0 radical (unpaired) electrons. The van der Waals surface area contributed by atoms with E-state index < -0.39 is 0 Å². The van der Waals surface area contributed by atoms with E-state index in [1.165, 1.54) is 22.2 Å². The zero-order chi connectivity index (χ0) is 19.7. The van der Waals surface area contributed by atoms with Gasteiger partial charge in [0.05, 0.1) is 23.5 Å². The van der Waals surface area contributed by atoms with Crippen LogP contribution in [0.3, 0.4) is 0 Å². The van der Waals surface area contributed by atoms with Crippen LogP contribution in [-0.2, 0) is 11.3 Å². The third kappa shape index (κ3) is 3.46. The van der Waals surface area contributed by atoms with E-state index in [1.807, 2.05) is 19.1 Å². The van der Waals surface area contributed by atoms with Crippen LogP contribution in [0.1, 0.15) is 6.92 Å². The van der Waals surface area contributed by atoms with Gasteiger partial charge in [-0.15, -0.1) is 11.3 Å². The van der Waals surface area contributed by atoms with Crippen molar-refractivity contribution in [3.8, 4) is 5.75 Å². The third-order valence-corrected chi connectivity index (χ3v) is 5.63. The van der Waals surface area contributed by atoms with Gasteiger partial charge in [-0.1, -0.05) is 17.7 Å². The Labute approximate surface area is 169 Å². The Hall–Kier alpha value is -2.90. The molecule has 28 heavy (non-hydrogen) atoms. The number of rotatable bonds is 5. The summed E-state index contributed by atoms with van der Waals surface area (Å²) in [6.07, 6.45) is 1.39. The van der Waals surface area contributed by atoms with Crippen LogP contribution in [-0.4, -0.2) is 22.1 Å². The predicted molar refractivity (Wildman–Crippen MR) is 113 cm³/mol. The standard InChI is InChI=1S/C20H16ClN3O3S/c1-2-27-13-8-6-12(7-9-13)23-16(25)10-24-11-22-18-17-14(21)4-3-5-15(17)28-19(18)20(24)26/h3-9,11H,2,10H2,1H3,(H,23,25). The van der Waals surface area contributed by atoms with Crippen molar-refractivity contribution in [1.82, 2.24) is 9.55 Å². The average Bonchev–Trinajstić information content (AvgIpc) is 3.07. The van der Waals surface area contributed by atoms with Gasteiger partial charge in [-0.05, 0) is 43.3 Å². The summed E-state index contributed by atoms with van der Waals surface area (Å²) in [6, 6.07) is 12.6. The largest absolute Gasteiger partial charge is 0.494 e. The maximum Gasteiger partial charge on any atom is 0.271 e. The number of ether oxygens (including phenoxy) is 1. The number of nitrogens with zero attached hydrogens (tertiary/aromatic N) is 2. The minimum absolute atomic E-state index is 0.128.